The lowest BCUT2D eigenvalue weighted by Gasteiger charge is -2.14. The maximum Gasteiger partial charge on any atom is 0.337 e. The summed E-state index contributed by atoms with van der Waals surface area (Å²) in [6.07, 6.45) is 0.806. The highest BCUT2D eigenvalue weighted by atomic mass is 16.5. The molecule has 2 aromatic carbocycles. The van der Waals surface area contributed by atoms with Crippen LogP contribution in [0.15, 0.2) is 48.5 Å². The van der Waals surface area contributed by atoms with Crippen LogP contribution in [0.2, 0.25) is 0 Å². The maximum absolute atomic E-state index is 12.5. The summed E-state index contributed by atoms with van der Waals surface area (Å²) in [5.41, 5.74) is 1.36. The molecule has 0 saturated heterocycles. The molecule has 0 bridgehead atoms. The van der Waals surface area contributed by atoms with Gasteiger partial charge in [-0.2, -0.15) is 0 Å². The Kier molecular flexibility index (Phi) is 6.49. The van der Waals surface area contributed by atoms with Crippen molar-refractivity contribution in [3.05, 3.63) is 65.2 Å². The van der Waals surface area contributed by atoms with Crippen LogP contribution >= 0.6 is 0 Å². The van der Waals surface area contributed by atoms with E-state index in [-0.39, 0.29) is 17.5 Å². The van der Waals surface area contributed by atoms with Crippen LogP contribution in [0.5, 0.6) is 0 Å². The molecule has 6 nitrogen and oxygen atoms in total. The van der Waals surface area contributed by atoms with Gasteiger partial charge in [-0.15, -0.1) is 0 Å². The monoisotopic (exact) mass is 354 g/mol. The molecule has 0 heterocycles. The van der Waals surface area contributed by atoms with Gasteiger partial charge in [0.25, 0.3) is 11.8 Å². The number of hydrogen-bond donors (Lipinski definition) is 2. The molecule has 0 aromatic heterocycles. The Morgan fingerprint density at radius 1 is 1.00 bits per heavy atom. The molecule has 0 spiro atoms. The molecule has 2 rings (SSSR count). The van der Waals surface area contributed by atoms with E-state index in [2.05, 4.69) is 15.4 Å². The summed E-state index contributed by atoms with van der Waals surface area (Å²) in [5, 5.41) is 5.61. The molecule has 136 valence electrons. The van der Waals surface area contributed by atoms with Crippen molar-refractivity contribution in [2.75, 3.05) is 12.4 Å². The fraction of sp³-hybridized carbons (Fsp3) is 0.250. The number of hydrogen-bond acceptors (Lipinski definition) is 4. The smallest absolute Gasteiger partial charge is 0.337 e. The normalized spacial score (nSPS) is 11.3. The zero-order valence-corrected chi connectivity index (χ0v) is 15.0. The average Bonchev–Trinajstić information content (AvgIpc) is 2.67. The average molecular weight is 354 g/mol. The quantitative estimate of drug-likeness (QED) is 0.780. The van der Waals surface area contributed by atoms with Crippen molar-refractivity contribution in [1.82, 2.24) is 5.32 Å². The van der Waals surface area contributed by atoms with Crippen LogP contribution in [0.1, 0.15) is 51.3 Å². The standard InChI is InChI=1S/C20H22N2O4/c1-4-13(2)21-19(24)16-10-5-6-11-17(16)22-18(23)14-8-7-9-15(12-14)20(25)26-3/h5-13H,4H2,1-3H3,(H,21,24)(H,22,23). The summed E-state index contributed by atoms with van der Waals surface area (Å²) >= 11 is 0. The maximum atomic E-state index is 12.5. The number of esters is 1. The fourth-order valence-electron chi connectivity index (χ4n) is 2.29. The second-order valence-electron chi connectivity index (χ2n) is 5.85. The Labute approximate surface area is 152 Å². The lowest BCUT2D eigenvalue weighted by atomic mass is 10.1. The number of ether oxygens (including phenoxy) is 1. The lowest BCUT2D eigenvalue weighted by molar-refractivity contribution is 0.0600. The number of methoxy groups -OCH3 is 1. The van der Waals surface area contributed by atoms with Crippen LogP contribution in [-0.2, 0) is 4.74 Å². The SMILES string of the molecule is CCC(C)NC(=O)c1ccccc1NC(=O)c1cccc(C(=O)OC)c1. The minimum Gasteiger partial charge on any atom is -0.465 e. The number of para-hydroxylation sites is 1. The first kappa shape index (κ1) is 19.2. The molecular formula is C20H22N2O4. The zero-order chi connectivity index (χ0) is 19.1. The van der Waals surface area contributed by atoms with Gasteiger partial charge in [0.15, 0.2) is 0 Å². The number of nitrogens with one attached hydrogen (secondary N) is 2. The third-order valence-electron chi connectivity index (χ3n) is 3.96. The van der Waals surface area contributed by atoms with E-state index in [1.807, 2.05) is 13.8 Å². The molecular weight excluding hydrogens is 332 g/mol. The molecule has 26 heavy (non-hydrogen) atoms. The van der Waals surface area contributed by atoms with Gasteiger partial charge < -0.3 is 15.4 Å². The summed E-state index contributed by atoms with van der Waals surface area (Å²) in [5.74, 6) is -1.19. The summed E-state index contributed by atoms with van der Waals surface area (Å²) in [6.45, 7) is 3.89. The number of benzene rings is 2. The van der Waals surface area contributed by atoms with Gasteiger partial charge in [-0.1, -0.05) is 25.1 Å². The van der Waals surface area contributed by atoms with Crippen LogP contribution in [0.3, 0.4) is 0 Å². The van der Waals surface area contributed by atoms with Gasteiger partial charge in [0.2, 0.25) is 0 Å². The third kappa shape index (κ3) is 4.69. The van der Waals surface area contributed by atoms with E-state index in [0.717, 1.165) is 6.42 Å². The Hall–Kier alpha value is -3.15. The highest BCUT2D eigenvalue weighted by Crippen LogP contribution is 2.17. The first-order valence-electron chi connectivity index (χ1n) is 8.35. The second-order valence-corrected chi connectivity index (χ2v) is 5.85. The highest BCUT2D eigenvalue weighted by molar-refractivity contribution is 6.09. The zero-order valence-electron chi connectivity index (χ0n) is 15.0. The van der Waals surface area contributed by atoms with E-state index >= 15 is 0 Å². The van der Waals surface area contributed by atoms with Gasteiger partial charge in [0.05, 0.1) is 23.9 Å². The van der Waals surface area contributed by atoms with E-state index in [1.54, 1.807) is 42.5 Å². The van der Waals surface area contributed by atoms with Gasteiger partial charge in [0.1, 0.15) is 0 Å². The minimum atomic E-state index is -0.520. The molecule has 0 saturated carbocycles. The van der Waals surface area contributed by atoms with Crippen molar-refractivity contribution in [3.8, 4) is 0 Å². The molecule has 2 aromatic rings. The predicted octanol–water partition coefficient (Wildman–Crippen LogP) is 3.25. The van der Waals surface area contributed by atoms with E-state index in [4.69, 9.17) is 0 Å². The summed E-state index contributed by atoms with van der Waals surface area (Å²) in [4.78, 5) is 36.6. The van der Waals surface area contributed by atoms with Crippen molar-refractivity contribution in [3.63, 3.8) is 0 Å². The fourth-order valence-corrected chi connectivity index (χ4v) is 2.29. The van der Waals surface area contributed by atoms with Crippen LogP contribution in [-0.4, -0.2) is 30.9 Å². The largest absolute Gasteiger partial charge is 0.465 e. The summed E-state index contributed by atoms with van der Waals surface area (Å²) in [7, 11) is 1.28. The molecule has 0 radical (unpaired) electrons. The van der Waals surface area contributed by atoms with Crippen LogP contribution < -0.4 is 10.6 Å². The number of anilines is 1. The number of carbonyl (C=O) groups excluding carboxylic acids is 3. The minimum absolute atomic E-state index is 0.0306. The number of rotatable bonds is 6. The molecule has 2 amide bonds. The summed E-state index contributed by atoms with van der Waals surface area (Å²) in [6, 6.07) is 13.0. The van der Waals surface area contributed by atoms with Gasteiger partial charge in [0, 0.05) is 11.6 Å². The van der Waals surface area contributed by atoms with Crippen molar-refractivity contribution in [2.45, 2.75) is 26.3 Å². The lowest BCUT2D eigenvalue weighted by Crippen LogP contribution is -2.32. The van der Waals surface area contributed by atoms with Crippen molar-refractivity contribution < 1.29 is 19.1 Å². The topological polar surface area (TPSA) is 84.5 Å². The van der Waals surface area contributed by atoms with Crippen LogP contribution in [0.25, 0.3) is 0 Å². The molecule has 0 fully saturated rings. The Morgan fingerprint density at radius 2 is 1.69 bits per heavy atom. The first-order valence-corrected chi connectivity index (χ1v) is 8.35. The molecule has 0 aliphatic carbocycles. The predicted molar refractivity (Wildman–Crippen MR) is 99.4 cm³/mol. The first-order chi connectivity index (χ1) is 12.5. The molecule has 1 atom stereocenters. The van der Waals surface area contributed by atoms with Gasteiger partial charge in [-0.25, -0.2) is 4.79 Å². The van der Waals surface area contributed by atoms with E-state index < -0.39 is 11.9 Å². The Morgan fingerprint density at radius 3 is 2.38 bits per heavy atom. The van der Waals surface area contributed by atoms with E-state index in [9.17, 15) is 14.4 Å². The Balaban J connectivity index is 2.22. The molecule has 0 aliphatic heterocycles. The van der Waals surface area contributed by atoms with Crippen molar-refractivity contribution in [1.29, 1.82) is 0 Å². The Bertz CT molecular complexity index is 817. The molecule has 0 aliphatic rings. The van der Waals surface area contributed by atoms with Crippen LogP contribution in [0.4, 0.5) is 5.69 Å². The highest BCUT2D eigenvalue weighted by Gasteiger charge is 2.16. The van der Waals surface area contributed by atoms with Gasteiger partial charge in [-0.05, 0) is 43.7 Å². The molecule has 6 heteroatoms. The van der Waals surface area contributed by atoms with Gasteiger partial charge >= 0.3 is 5.97 Å². The van der Waals surface area contributed by atoms with Crippen molar-refractivity contribution in [2.24, 2.45) is 0 Å². The number of amides is 2. The second kappa shape index (κ2) is 8.80. The number of carbonyl (C=O) groups is 3. The molecule has 2 N–H and O–H groups in total. The van der Waals surface area contributed by atoms with Crippen molar-refractivity contribution >= 4 is 23.5 Å². The molecule has 1 unspecified atom stereocenters. The van der Waals surface area contributed by atoms with E-state index in [1.165, 1.54) is 13.2 Å². The summed E-state index contributed by atoms with van der Waals surface area (Å²) < 4.78 is 4.66. The van der Waals surface area contributed by atoms with Gasteiger partial charge in [-0.3, -0.25) is 9.59 Å². The third-order valence-corrected chi connectivity index (χ3v) is 3.96. The van der Waals surface area contributed by atoms with Crippen LogP contribution in [0, 0.1) is 0 Å². The van der Waals surface area contributed by atoms with E-state index in [0.29, 0.717) is 16.8 Å².